The molecular weight excluding hydrogens is 294 g/mol. The molecule has 0 amide bonds. The average molecular weight is 310 g/mol. The zero-order chi connectivity index (χ0) is 14.7. The van der Waals surface area contributed by atoms with E-state index in [4.69, 9.17) is 14.3 Å². The quantitative estimate of drug-likeness (QED) is 0.644. The molecule has 0 spiro atoms. The highest BCUT2D eigenvalue weighted by atomic mass is 32.1. The van der Waals surface area contributed by atoms with Crippen LogP contribution in [0.15, 0.2) is 4.90 Å². The van der Waals surface area contributed by atoms with Gasteiger partial charge in [0.25, 0.3) is 0 Å². The number of thiol groups is 1. The van der Waals surface area contributed by atoms with E-state index in [9.17, 15) is 0 Å². The molecule has 1 aromatic heterocycles. The van der Waals surface area contributed by atoms with Crippen LogP contribution in [0.25, 0.3) is 11.0 Å². The van der Waals surface area contributed by atoms with Gasteiger partial charge in [0.1, 0.15) is 12.6 Å². The Balaban J connectivity index is 2.76. The van der Waals surface area contributed by atoms with E-state index in [1.54, 1.807) is 14.2 Å². The molecule has 6 nitrogen and oxygen atoms in total. The van der Waals surface area contributed by atoms with Gasteiger partial charge >= 0.3 is 0 Å². The predicted molar refractivity (Wildman–Crippen MR) is 79.3 cm³/mol. The molecule has 0 aliphatic heterocycles. The molecule has 107 valence electrons. The van der Waals surface area contributed by atoms with Gasteiger partial charge in [-0.05, 0) is 11.6 Å². The van der Waals surface area contributed by atoms with Crippen molar-refractivity contribution in [3.63, 3.8) is 0 Å². The van der Waals surface area contributed by atoms with Gasteiger partial charge in [-0.15, -0.1) is 17.7 Å². The standard InChI is InChI=1S/C12H16N3O3SSi/c1-16-10-7(5-4-6-20)12(19)8-9(11(10)17-2)15(18-3)14-13-8/h19H,4-6H2,1-3H3. The highest BCUT2D eigenvalue weighted by Crippen LogP contribution is 2.42. The van der Waals surface area contributed by atoms with Crippen molar-refractivity contribution in [1.82, 2.24) is 15.2 Å². The minimum Gasteiger partial charge on any atom is -0.492 e. The summed E-state index contributed by atoms with van der Waals surface area (Å²) in [5, 5.41) is 8.04. The monoisotopic (exact) mass is 310 g/mol. The van der Waals surface area contributed by atoms with Crippen molar-refractivity contribution in [2.24, 2.45) is 0 Å². The van der Waals surface area contributed by atoms with Crippen molar-refractivity contribution in [2.75, 3.05) is 21.3 Å². The van der Waals surface area contributed by atoms with Crippen LogP contribution in [-0.2, 0) is 6.42 Å². The summed E-state index contributed by atoms with van der Waals surface area (Å²) in [4.78, 5) is 7.18. The number of nitrogens with zero attached hydrogens (tertiary/aromatic N) is 3. The number of benzene rings is 1. The Kier molecular flexibility index (Phi) is 4.76. The van der Waals surface area contributed by atoms with Crippen molar-refractivity contribution < 1.29 is 14.3 Å². The third kappa shape index (κ3) is 2.33. The maximum Gasteiger partial charge on any atom is 0.192 e. The first-order valence-corrected chi connectivity index (χ1v) is 7.25. The van der Waals surface area contributed by atoms with Crippen molar-refractivity contribution in [3.05, 3.63) is 5.56 Å². The topological polar surface area (TPSA) is 58.4 Å². The zero-order valence-electron chi connectivity index (χ0n) is 11.6. The minimum atomic E-state index is 0.552. The van der Waals surface area contributed by atoms with Crippen LogP contribution in [0.3, 0.4) is 0 Å². The van der Waals surface area contributed by atoms with Crippen LogP contribution in [0.5, 0.6) is 11.5 Å². The SMILES string of the molecule is COc1c(CCC[Si])c(S)c2nnn(OC)c2c1OC. The number of hydrogen-bond donors (Lipinski definition) is 1. The highest BCUT2D eigenvalue weighted by Gasteiger charge is 2.24. The summed E-state index contributed by atoms with van der Waals surface area (Å²) < 4.78 is 11.0. The maximum atomic E-state index is 5.51. The van der Waals surface area contributed by atoms with Crippen LogP contribution in [-0.4, -0.2) is 46.7 Å². The number of aromatic nitrogens is 3. The van der Waals surface area contributed by atoms with Crippen LogP contribution in [0, 0.1) is 0 Å². The smallest absolute Gasteiger partial charge is 0.192 e. The van der Waals surface area contributed by atoms with E-state index < -0.39 is 0 Å². The number of rotatable bonds is 6. The van der Waals surface area contributed by atoms with Gasteiger partial charge in [0, 0.05) is 20.7 Å². The van der Waals surface area contributed by atoms with Gasteiger partial charge in [-0.3, -0.25) is 0 Å². The summed E-state index contributed by atoms with van der Waals surface area (Å²) in [5.41, 5.74) is 2.21. The lowest BCUT2D eigenvalue weighted by molar-refractivity contribution is 0.138. The Bertz CT molecular complexity index is 618. The molecule has 1 aromatic carbocycles. The molecule has 1 heterocycles. The van der Waals surface area contributed by atoms with Crippen molar-refractivity contribution in [2.45, 2.75) is 23.8 Å². The van der Waals surface area contributed by atoms with Gasteiger partial charge in [0.05, 0.1) is 14.2 Å². The number of ether oxygens (including phenoxy) is 2. The van der Waals surface area contributed by atoms with Gasteiger partial charge in [0.15, 0.2) is 17.0 Å². The molecular formula is C12H16N3O3SSi. The van der Waals surface area contributed by atoms with E-state index in [0.717, 1.165) is 29.3 Å². The summed E-state index contributed by atoms with van der Waals surface area (Å²) in [7, 11) is 8.17. The summed E-state index contributed by atoms with van der Waals surface area (Å²) in [6.07, 6.45) is 1.76. The molecule has 0 fully saturated rings. The van der Waals surface area contributed by atoms with Gasteiger partial charge in [0.2, 0.25) is 0 Å². The summed E-state index contributed by atoms with van der Waals surface area (Å²) in [6, 6.07) is 0.890. The molecule has 3 radical (unpaired) electrons. The van der Waals surface area contributed by atoms with Gasteiger partial charge < -0.3 is 14.3 Å². The van der Waals surface area contributed by atoms with Crippen molar-refractivity contribution >= 4 is 33.9 Å². The fourth-order valence-corrected chi connectivity index (χ4v) is 2.69. The molecule has 0 saturated carbocycles. The molecule has 0 unspecified atom stereocenters. The van der Waals surface area contributed by atoms with Gasteiger partial charge in [-0.25, -0.2) is 0 Å². The van der Waals surface area contributed by atoms with E-state index in [0.29, 0.717) is 22.5 Å². The third-order valence-corrected chi connectivity index (χ3v) is 3.87. The largest absolute Gasteiger partial charge is 0.492 e. The van der Waals surface area contributed by atoms with E-state index in [-0.39, 0.29) is 0 Å². The summed E-state index contributed by atoms with van der Waals surface area (Å²) >= 11 is 4.58. The molecule has 2 aromatic rings. The van der Waals surface area contributed by atoms with Crippen molar-refractivity contribution in [1.29, 1.82) is 0 Å². The maximum absolute atomic E-state index is 5.51. The molecule has 20 heavy (non-hydrogen) atoms. The molecule has 0 N–H and O–H groups in total. The first kappa shape index (κ1) is 15.0. The fourth-order valence-electron chi connectivity index (χ4n) is 2.15. The fraction of sp³-hybridized carbons (Fsp3) is 0.500. The van der Waals surface area contributed by atoms with Crippen LogP contribution in [0.2, 0.25) is 6.04 Å². The van der Waals surface area contributed by atoms with Crippen LogP contribution in [0.1, 0.15) is 12.0 Å². The Morgan fingerprint density at radius 1 is 1.20 bits per heavy atom. The van der Waals surface area contributed by atoms with Crippen LogP contribution < -0.4 is 14.3 Å². The molecule has 0 atom stereocenters. The lowest BCUT2D eigenvalue weighted by atomic mass is 10.1. The van der Waals surface area contributed by atoms with E-state index in [1.165, 1.54) is 12.0 Å². The first-order valence-electron chi connectivity index (χ1n) is 6.09. The van der Waals surface area contributed by atoms with E-state index in [1.807, 2.05) is 0 Å². The van der Waals surface area contributed by atoms with Gasteiger partial charge in [-0.1, -0.05) is 17.3 Å². The van der Waals surface area contributed by atoms with E-state index >= 15 is 0 Å². The second-order valence-corrected chi connectivity index (χ2v) is 5.04. The Morgan fingerprint density at radius 2 is 1.90 bits per heavy atom. The molecule has 2 rings (SSSR count). The van der Waals surface area contributed by atoms with Crippen LogP contribution in [0.4, 0.5) is 0 Å². The Morgan fingerprint density at radius 3 is 2.45 bits per heavy atom. The molecule has 8 heteroatoms. The predicted octanol–water partition coefficient (Wildman–Crippen LogP) is 1.31. The first-order chi connectivity index (χ1) is 9.69. The Labute approximate surface area is 126 Å². The Hall–Kier alpha value is -1.41. The minimum absolute atomic E-state index is 0.552. The summed E-state index contributed by atoms with van der Waals surface area (Å²) in [5.74, 6) is 1.20. The zero-order valence-corrected chi connectivity index (χ0v) is 13.5. The molecule has 0 saturated heterocycles. The normalized spacial score (nSPS) is 10.8. The second kappa shape index (κ2) is 6.36. The third-order valence-electron chi connectivity index (χ3n) is 3.03. The van der Waals surface area contributed by atoms with Gasteiger partial charge in [-0.2, -0.15) is 0 Å². The molecule has 0 aliphatic rings. The number of fused-ring (bicyclic) bond motifs is 1. The number of methoxy groups -OCH3 is 2. The van der Waals surface area contributed by atoms with Crippen LogP contribution >= 0.6 is 12.6 Å². The summed E-state index contributed by atoms with van der Waals surface area (Å²) in [6.45, 7) is 0. The lowest BCUT2D eigenvalue weighted by Crippen LogP contribution is -2.09. The number of hydrogen-bond acceptors (Lipinski definition) is 6. The molecule has 0 aliphatic carbocycles. The van der Waals surface area contributed by atoms with E-state index in [2.05, 4.69) is 33.2 Å². The highest BCUT2D eigenvalue weighted by molar-refractivity contribution is 7.80. The average Bonchev–Trinajstić information content (AvgIpc) is 2.90. The lowest BCUT2D eigenvalue weighted by Gasteiger charge is -2.16. The second-order valence-electron chi connectivity index (χ2n) is 4.09. The molecule has 0 bridgehead atoms. The van der Waals surface area contributed by atoms with Crippen molar-refractivity contribution in [3.8, 4) is 11.5 Å².